The summed E-state index contributed by atoms with van der Waals surface area (Å²) in [6.45, 7) is 5.74. The Hall–Kier alpha value is -2.22. The summed E-state index contributed by atoms with van der Waals surface area (Å²) in [5.41, 5.74) is 4.76. The lowest BCUT2D eigenvalue weighted by Crippen LogP contribution is -2.31. The van der Waals surface area contributed by atoms with Crippen molar-refractivity contribution in [1.29, 1.82) is 0 Å². The zero-order valence-corrected chi connectivity index (χ0v) is 13.8. The fourth-order valence-electron chi connectivity index (χ4n) is 2.59. The highest BCUT2D eigenvalue weighted by molar-refractivity contribution is 6.00. The summed E-state index contributed by atoms with van der Waals surface area (Å²) in [6.07, 6.45) is 1.60. The summed E-state index contributed by atoms with van der Waals surface area (Å²) in [5, 5.41) is 10.8. The van der Waals surface area contributed by atoms with E-state index in [1.165, 1.54) is 4.90 Å². The second-order valence-corrected chi connectivity index (χ2v) is 6.36. The van der Waals surface area contributed by atoms with E-state index in [1.54, 1.807) is 0 Å². The number of rotatable bonds is 6. The fourth-order valence-corrected chi connectivity index (χ4v) is 2.59. The molecule has 1 aliphatic heterocycles. The zero-order valence-electron chi connectivity index (χ0n) is 13.8. The van der Waals surface area contributed by atoms with Crippen LogP contribution in [-0.2, 0) is 4.74 Å². The van der Waals surface area contributed by atoms with Gasteiger partial charge in [-0.15, -0.1) is 0 Å². The van der Waals surface area contributed by atoms with Gasteiger partial charge < -0.3 is 15.4 Å². The molecule has 132 valence electrons. The summed E-state index contributed by atoms with van der Waals surface area (Å²) >= 11 is 0. The summed E-state index contributed by atoms with van der Waals surface area (Å²) in [7, 11) is 0. The Morgan fingerprint density at radius 3 is 2.88 bits per heavy atom. The van der Waals surface area contributed by atoms with Crippen molar-refractivity contribution in [3.8, 4) is 0 Å². The molecular formula is C16H22FN3O4. The number of amides is 1. The molecule has 0 spiro atoms. The number of ether oxygens (including phenoxy) is 1. The molecule has 0 unspecified atom stereocenters. The Bertz CT molecular complexity index is 636. The molecule has 2 rings (SSSR count). The second-order valence-electron chi connectivity index (χ2n) is 6.36. The van der Waals surface area contributed by atoms with E-state index in [1.807, 2.05) is 0 Å². The maximum absolute atomic E-state index is 13.5. The zero-order chi connectivity index (χ0) is 17.9. The van der Waals surface area contributed by atoms with Gasteiger partial charge in [-0.05, 0) is 18.8 Å². The number of carbonyl (C=O) groups is 1. The van der Waals surface area contributed by atoms with Crippen molar-refractivity contribution >= 4 is 17.3 Å². The maximum atomic E-state index is 13.5. The molecule has 1 saturated heterocycles. The van der Waals surface area contributed by atoms with Gasteiger partial charge in [0.25, 0.3) is 5.91 Å². The van der Waals surface area contributed by atoms with Crippen LogP contribution in [0.3, 0.4) is 0 Å². The van der Waals surface area contributed by atoms with Gasteiger partial charge in [-0.3, -0.25) is 14.9 Å². The van der Waals surface area contributed by atoms with Crippen LogP contribution in [0.1, 0.15) is 37.0 Å². The minimum Gasteiger partial charge on any atom is -0.398 e. The van der Waals surface area contributed by atoms with E-state index < -0.39 is 22.3 Å². The van der Waals surface area contributed by atoms with Gasteiger partial charge in [0, 0.05) is 37.5 Å². The molecule has 0 saturated carbocycles. The molecule has 0 bridgehead atoms. The van der Waals surface area contributed by atoms with Crippen LogP contribution in [0.5, 0.6) is 0 Å². The Kier molecular flexibility index (Phi) is 5.71. The van der Waals surface area contributed by atoms with E-state index in [2.05, 4.69) is 13.8 Å². The van der Waals surface area contributed by atoms with Gasteiger partial charge in [0.1, 0.15) is 0 Å². The first-order valence-corrected chi connectivity index (χ1v) is 7.94. The predicted molar refractivity (Wildman–Crippen MR) is 87.2 cm³/mol. The van der Waals surface area contributed by atoms with Gasteiger partial charge >= 0.3 is 5.69 Å². The van der Waals surface area contributed by atoms with Crippen molar-refractivity contribution in [2.45, 2.75) is 32.8 Å². The van der Waals surface area contributed by atoms with Crippen molar-refractivity contribution in [1.82, 2.24) is 4.90 Å². The number of nitrogens with zero attached hydrogens (tertiary/aromatic N) is 2. The number of carbonyl (C=O) groups excluding carboxylic acids is 1. The monoisotopic (exact) mass is 339 g/mol. The molecule has 1 aromatic carbocycles. The molecule has 1 aromatic rings. The minimum atomic E-state index is -1.05. The molecule has 0 aliphatic carbocycles. The van der Waals surface area contributed by atoms with Crippen LogP contribution in [0.15, 0.2) is 12.1 Å². The van der Waals surface area contributed by atoms with Crippen LogP contribution in [0, 0.1) is 21.8 Å². The number of hydrogen-bond donors (Lipinski definition) is 1. The van der Waals surface area contributed by atoms with E-state index in [4.69, 9.17) is 10.5 Å². The standard InChI is InChI=1S/C16H22FN3O4/c1-10(2)4-6-24-11-3-5-19(9-11)16(21)12-7-15(20(22)23)13(17)8-14(12)18/h7-8,10-11H,3-6,9,18H2,1-2H3/t11-/m0/s1. The smallest absolute Gasteiger partial charge is 0.305 e. The number of nitro benzene ring substituents is 1. The second kappa shape index (κ2) is 7.57. The van der Waals surface area contributed by atoms with E-state index in [-0.39, 0.29) is 17.4 Å². The molecule has 1 atom stereocenters. The highest BCUT2D eigenvalue weighted by Crippen LogP contribution is 2.26. The number of benzene rings is 1. The van der Waals surface area contributed by atoms with Gasteiger partial charge in [0.05, 0.1) is 16.6 Å². The van der Waals surface area contributed by atoms with E-state index in [0.717, 1.165) is 18.6 Å². The maximum Gasteiger partial charge on any atom is 0.305 e. The van der Waals surface area contributed by atoms with Crippen LogP contribution in [0.2, 0.25) is 0 Å². The SMILES string of the molecule is CC(C)CCO[C@H]1CCN(C(=O)c2cc([N+](=O)[O-])c(F)cc2N)C1. The lowest BCUT2D eigenvalue weighted by atomic mass is 10.1. The summed E-state index contributed by atoms with van der Waals surface area (Å²) in [4.78, 5) is 24.0. The summed E-state index contributed by atoms with van der Waals surface area (Å²) in [5.74, 6) is -0.945. The van der Waals surface area contributed by atoms with Crippen LogP contribution in [0.25, 0.3) is 0 Å². The highest BCUT2D eigenvalue weighted by Gasteiger charge is 2.30. The lowest BCUT2D eigenvalue weighted by Gasteiger charge is -2.18. The molecule has 1 heterocycles. The van der Waals surface area contributed by atoms with Crippen LogP contribution < -0.4 is 5.73 Å². The number of nitrogens with two attached hydrogens (primary N) is 1. The molecule has 0 radical (unpaired) electrons. The number of nitro groups is 1. The van der Waals surface area contributed by atoms with Crippen LogP contribution in [0.4, 0.5) is 15.8 Å². The lowest BCUT2D eigenvalue weighted by molar-refractivity contribution is -0.387. The minimum absolute atomic E-state index is 0.0501. The first-order chi connectivity index (χ1) is 11.3. The van der Waals surface area contributed by atoms with Gasteiger partial charge in [0.15, 0.2) is 0 Å². The average Bonchev–Trinajstić information content (AvgIpc) is 2.94. The van der Waals surface area contributed by atoms with E-state index in [9.17, 15) is 19.3 Å². The molecule has 8 heteroatoms. The molecule has 0 aromatic heterocycles. The third-order valence-electron chi connectivity index (χ3n) is 4.03. The summed E-state index contributed by atoms with van der Waals surface area (Å²) in [6, 6.07) is 1.72. The molecule has 1 fully saturated rings. The first kappa shape index (κ1) is 18.1. The Morgan fingerprint density at radius 1 is 1.54 bits per heavy atom. The van der Waals surface area contributed by atoms with Gasteiger partial charge in [-0.25, -0.2) is 0 Å². The summed E-state index contributed by atoms with van der Waals surface area (Å²) < 4.78 is 19.3. The van der Waals surface area contributed by atoms with Crippen molar-refractivity contribution in [3.05, 3.63) is 33.6 Å². The third-order valence-corrected chi connectivity index (χ3v) is 4.03. The molecule has 1 aliphatic rings. The fraction of sp³-hybridized carbons (Fsp3) is 0.562. The molecule has 1 amide bonds. The van der Waals surface area contributed by atoms with E-state index >= 15 is 0 Å². The van der Waals surface area contributed by atoms with Crippen molar-refractivity contribution < 1.29 is 18.8 Å². The number of nitrogen functional groups attached to an aromatic ring is 1. The number of hydrogen-bond acceptors (Lipinski definition) is 5. The first-order valence-electron chi connectivity index (χ1n) is 7.94. The quantitative estimate of drug-likeness (QED) is 0.488. The number of halogens is 1. The number of likely N-dealkylation sites (tertiary alicyclic amines) is 1. The van der Waals surface area contributed by atoms with Gasteiger partial charge in [-0.2, -0.15) is 4.39 Å². The van der Waals surface area contributed by atoms with Gasteiger partial charge in [-0.1, -0.05) is 13.8 Å². The van der Waals surface area contributed by atoms with Crippen molar-refractivity contribution in [2.75, 3.05) is 25.4 Å². The van der Waals surface area contributed by atoms with Gasteiger partial charge in [0.2, 0.25) is 5.82 Å². The van der Waals surface area contributed by atoms with Crippen molar-refractivity contribution in [3.63, 3.8) is 0 Å². The Morgan fingerprint density at radius 2 is 2.25 bits per heavy atom. The third kappa shape index (κ3) is 4.19. The largest absolute Gasteiger partial charge is 0.398 e. The Balaban J connectivity index is 2.05. The van der Waals surface area contributed by atoms with E-state index in [0.29, 0.717) is 32.0 Å². The van der Waals surface area contributed by atoms with Crippen LogP contribution >= 0.6 is 0 Å². The molecular weight excluding hydrogens is 317 g/mol. The molecule has 24 heavy (non-hydrogen) atoms. The highest BCUT2D eigenvalue weighted by atomic mass is 19.1. The number of anilines is 1. The topological polar surface area (TPSA) is 98.7 Å². The van der Waals surface area contributed by atoms with Crippen molar-refractivity contribution in [2.24, 2.45) is 5.92 Å². The van der Waals surface area contributed by atoms with Crippen LogP contribution in [-0.4, -0.2) is 41.5 Å². The normalized spacial score (nSPS) is 17.5. The predicted octanol–water partition coefficient (Wildman–Crippen LogP) is 2.59. The molecule has 7 nitrogen and oxygen atoms in total. The average molecular weight is 339 g/mol. The Labute approximate surface area is 139 Å². The molecule has 2 N–H and O–H groups in total.